The van der Waals surface area contributed by atoms with E-state index in [0.717, 1.165) is 30.6 Å². The van der Waals surface area contributed by atoms with E-state index >= 15 is 0 Å². The van der Waals surface area contributed by atoms with Crippen molar-refractivity contribution in [2.75, 3.05) is 18.5 Å². The van der Waals surface area contributed by atoms with Crippen LogP contribution in [0, 0.1) is 11.8 Å². The molecule has 0 aliphatic carbocycles. The quantitative estimate of drug-likeness (QED) is 0.442. The monoisotopic (exact) mass is 341 g/mol. The maximum atomic E-state index is 11.3. The van der Waals surface area contributed by atoms with Gasteiger partial charge in [-0.15, -0.1) is 17.3 Å². The molecule has 1 aromatic heterocycles. The molecule has 1 N–H and O–H groups in total. The molecule has 0 saturated carbocycles. The number of thiophene rings is 1. The molecule has 1 heterocycles. The Labute approximate surface area is 148 Å². The topological polar surface area (TPSA) is 38.3 Å². The van der Waals surface area contributed by atoms with Crippen molar-refractivity contribution >= 4 is 23.0 Å². The second-order valence-electron chi connectivity index (χ2n) is 5.29. The van der Waals surface area contributed by atoms with E-state index in [1.807, 2.05) is 31.2 Å². The van der Waals surface area contributed by atoms with Crippen LogP contribution >= 0.6 is 11.3 Å². The largest absolute Gasteiger partial charge is 0.466 e. The normalized spacial score (nSPS) is 9.88. The van der Waals surface area contributed by atoms with Crippen molar-refractivity contribution in [3.05, 3.63) is 52.2 Å². The molecule has 0 aliphatic rings. The molecule has 2 aromatic rings. The number of benzene rings is 1. The van der Waals surface area contributed by atoms with E-state index in [0.29, 0.717) is 19.4 Å². The lowest BCUT2D eigenvalue weighted by molar-refractivity contribution is -0.143. The summed E-state index contributed by atoms with van der Waals surface area (Å²) in [7, 11) is 0. The Bertz CT molecular complexity index is 666. The number of carbonyl (C=O) groups excluding carboxylic acids is 1. The average molecular weight is 341 g/mol. The first kappa shape index (κ1) is 18.1. The van der Waals surface area contributed by atoms with Crippen LogP contribution in [-0.2, 0) is 22.4 Å². The zero-order chi connectivity index (χ0) is 17.0. The molecule has 0 radical (unpaired) electrons. The summed E-state index contributed by atoms with van der Waals surface area (Å²) in [5.74, 6) is 6.25. The average Bonchev–Trinajstić information content (AvgIpc) is 3.11. The van der Waals surface area contributed by atoms with Gasteiger partial charge in [-0.2, -0.15) is 0 Å². The second kappa shape index (κ2) is 10.5. The molecule has 1 aromatic carbocycles. The predicted octanol–water partition coefficient (Wildman–Crippen LogP) is 4.29. The molecule has 0 saturated heterocycles. The van der Waals surface area contributed by atoms with Gasteiger partial charge in [0.1, 0.15) is 0 Å². The van der Waals surface area contributed by atoms with Gasteiger partial charge in [0.15, 0.2) is 0 Å². The Morgan fingerprint density at radius 3 is 2.75 bits per heavy atom. The molecular formula is C20H23NO2S. The molecular weight excluding hydrogens is 318 g/mol. The fraction of sp³-hybridized carbons (Fsp3) is 0.350. The van der Waals surface area contributed by atoms with E-state index in [4.69, 9.17) is 4.74 Å². The molecule has 4 heteroatoms. The number of ether oxygens (including phenoxy) is 1. The van der Waals surface area contributed by atoms with Gasteiger partial charge in [-0.25, -0.2) is 0 Å². The third-order valence-corrected chi connectivity index (χ3v) is 4.30. The van der Waals surface area contributed by atoms with Crippen LogP contribution in [0.4, 0.5) is 5.69 Å². The van der Waals surface area contributed by atoms with Crippen molar-refractivity contribution in [3.63, 3.8) is 0 Å². The number of hydrogen-bond acceptors (Lipinski definition) is 4. The van der Waals surface area contributed by atoms with Crippen LogP contribution in [0.25, 0.3) is 0 Å². The Morgan fingerprint density at radius 2 is 2.04 bits per heavy atom. The van der Waals surface area contributed by atoms with Crippen LogP contribution in [0.3, 0.4) is 0 Å². The number of aryl methyl sites for hydroxylation is 1. The first-order valence-corrected chi connectivity index (χ1v) is 9.12. The number of anilines is 1. The van der Waals surface area contributed by atoms with E-state index in [1.54, 1.807) is 11.3 Å². The van der Waals surface area contributed by atoms with Gasteiger partial charge in [0, 0.05) is 36.4 Å². The number of esters is 1. The summed E-state index contributed by atoms with van der Waals surface area (Å²) in [6, 6.07) is 12.3. The minimum atomic E-state index is -0.138. The van der Waals surface area contributed by atoms with Gasteiger partial charge in [0.2, 0.25) is 0 Å². The van der Waals surface area contributed by atoms with Crippen LogP contribution in [-0.4, -0.2) is 19.1 Å². The molecule has 0 unspecified atom stereocenters. The molecule has 3 nitrogen and oxygen atoms in total. The number of carbonyl (C=O) groups is 1. The molecule has 0 fully saturated rings. The van der Waals surface area contributed by atoms with E-state index < -0.39 is 0 Å². The van der Waals surface area contributed by atoms with Crippen molar-refractivity contribution in [1.82, 2.24) is 0 Å². The Hall–Kier alpha value is -2.25. The summed E-state index contributed by atoms with van der Waals surface area (Å²) in [6.07, 6.45) is 2.82. The zero-order valence-corrected chi connectivity index (χ0v) is 14.8. The Kier molecular flexibility index (Phi) is 7.92. The van der Waals surface area contributed by atoms with E-state index in [9.17, 15) is 4.79 Å². The highest BCUT2D eigenvalue weighted by molar-refractivity contribution is 7.09. The van der Waals surface area contributed by atoms with Crippen LogP contribution in [0.1, 0.15) is 30.2 Å². The van der Waals surface area contributed by atoms with E-state index in [2.05, 4.69) is 34.7 Å². The first-order valence-electron chi connectivity index (χ1n) is 8.24. The second-order valence-corrected chi connectivity index (χ2v) is 6.32. The minimum Gasteiger partial charge on any atom is -0.466 e. The minimum absolute atomic E-state index is 0.138. The highest BCUT2D eigenvalue weighted by Crippen LogP contribution is 2.11. The molecule has 0 spiro atoms. The summed E-state index contributed by atoms with van der Waals surface area (Å²) in [5, 5.41) is 5.44. The van der Waals surface area contributed by atoms with Crippen molar-refractivity contribution in [2.24, 2.45) is 0 Å². The fourth-order valence-electron chi connectivity index (χ4n) is 2.19. The molecule has 0 amide bonds. The summed E-state index contributed by atoms with van der Waals surface area (Å²) in [4.78, 5) is 12.7. The smallest absolute Gasteiger partial charge is 0.306 e. The molecule has 0 aliphatic heterocycles. The molecule has 2 rings (SSSR count). The summed E-state index contributed by atoms with van der Waals surface area (Å²) >= 11 is 1.75. The number of nitrogens with one attached hydrogen (secondary N) is 1. The Morgan fingerprint density at radius 1 is 1.21 bits per heavy atom. The third kappa shape index (κ3) is 6.89. The highest BCUT2D eigenvalue weighted by Gasteiger charge is 2.02. The maximum Gasteiger partial charge on any atom is 0.306 e. The lowest BCUT2D eigenvalue weighted by atomic mass is 10.1. The third-order valence-electron chi connectivity index (χ3n) is 3.42. The van der Waals surface area contributed by atoms with Crippen LogP contribution < -0.4 is 5.32 Å². The molecule has 0 atom stereocenters. The number of rotatable bonds is 8. The highest BCUT2D eigenvalue weighted by atomic mass is 32.1. The maximum absolute atomic E-state index is 11.3. The van der Waals surface area contributed by atoms with Gasteiger partial charge < -0.3 is 10.1 Å². The summed E-state index contributed by atoms with van der Waals surface area (Å²) < 4.78 is 4.93. The first-order chi connectivity index (χ1) is 11.8. The van der Waals surface area contributed by atoms with Crippen molar-refractivity contribution in [3.8, 4) is 11.8 Å². The van der Waals surface area contributed by atoms with E-state index in [-0.39, 0.29) is 5.97 Å². The standard InChI is InChI=1S/C20H23NO2S/c1-2-23-20(22)14-11-17-9-12-18(13-10-17)21-15-5-3-4-7-19-8-6-16-24-19/h6,8-10,12-13,16,21H,2,5,7,11,14-15H2,1H3. The molecule has 126 valence electrons. The van der Waals surface area contributed by atoms with Gasteiger partial charge >= 0.3 is 5.97 Å². The van der Waals surface area contributed by atoms with E-state index in [1.165, 1.54) is 4.88 Å². The summed E-state index contributed by atoms with van der Waals surface area (Å²) in [5.41, 5.74) is 2.22. The fourth-order valence-corrected chi connectivity index (χ4v) is 2.83. The van der Waals surface area contributed by atoms with Gasteiger partial charge in [-0.1, -0.05) is 24.1 Å². The lowest BCUT2D eigenvalue weighted by Crippen LogP contribution is -2.05. The van der Waals surface area contributed by atoms with Crippen molar-refractivity contribution < 1.29 is 9.53 Å². The van der Waals surface area contributed by atoms with Crippen LogP contribution in [0.5, 0.6) is 0 Å². The Balaban J connectivity index is 1.64. The lowest BCUT2D eigenvalue weighted by Gasteiger charge is -2.06. The molecule has 0 bridgehead atoms. The van der Waals surface area contributed by atoms with Gasteiger partial charge in [0.05, 0.1) is 6.61 Å². The van der Waals surface area contributed by atoms with Crippen LogP contribution in [0.15, 0.2) is 41.8 Å². The van der Waals surface area contributed by atoms with Gasteiger partial charge in [-0.05, 0) is 42.5 Å². The predicted molar refractivity (Wildman–Crippen MR) is 100 cm³/mol. The summed E-state index contributed by atoms with van der Waals surface area (Å²) in [6.45, 7) is 3.10. The van der Waals surface area contributed by atoms with Crippen molar-refractivity contribution in [2.45, 2.75) is 32.6 Å². The zero-order valence-electron chi connectivity index (χ0n) is 14.0. The van der Waals surface area contributed by atoms with Crippen molar-refractivity contribution in [1.29, 1.82) is 0 Å². The van der Waals surface area contributed by atoms with Crippen LogP contribution in [0.2, 0.25) is 0 Å². The molecule has 24 heavy (non-hydrogen) atoms. The number of hydrogen-bond donors (Lipinski definition) is 1. The van der Waals surface area contributed by atoms with Gasteiger partial charge in [0.25, 0.3) is 0 Å². The SMILES string of the molecule is CCOC(=O)CCc1ccc(NCCC#CCc2cccs2)cc1. The van der Waals surface area contributed by atoms with Gasteiger partial charge in [-0.3, -0.25) is 4.79 Å².